The van der Waals surface area contributed by atoms with E-state index in [1.807, 2.05) is 19.1 Å². The van der Waals surface area contributed by atoms with Gasteiger partial charge in [-0.2, -0.15) is 5.10 Å². The van der Waals surface area contributed by atoms with Gasteiger partial charge in [-0.15, -0.1) is 0 Å². The molecule has 1 aliphatic carbocycles. The molecule has 1 saturated carbocycles. The van der Waals surface area contributed by atoms with Gasteiger partial charge in [0.1, 0.15) is 0 Å². The van der Waals surface area contributed by atoms with Crippen LogP contribution in [0.25, 0.3) is 11.0 Å². The summed E-state index contributed by atoms with van der Waals surface area (Å²) in [5.41, 5.74) is 5.26. The summed E-state index contributed by atoms with van der Waals surface area (Å²) < 4.78 is 2.36. The Morgan fingerprint density at radius 2 is 1.96 bits per heavy atom. The monoisotopic (exact) mass is 351 g/mol. The van der Waals surface area contributed by atoms with Gasteiger partial charge in [-0.3, -0.25) is 9.89 Å². The first-order valence-electron chi connectivity index (χ1n) is 9.35. The SMILES string of the molecule is Cc1[nH]nc2ncc(NC(=O)c3cc(C)n(C4CCCCC4)c3C)cc12. The second kappa shape index (κ2) is 6.59. The standard InChI is InChI=1S/C20H25N5O/c1-12-9-18(14(3)25(12)16-7-5-4-6-8-16)20(26)22-15-10-17-13(2)23-24-19(17)21-11-15/h9-11,16H,4-8H2,1-3H3,(H,22,26)(H,21,23,24). The highest BCUT2D eigenvalue weighted by Gasteiger charge is 2.22. The highest BCUT2D eigenvalue weighted by atomic mass is 16.1. The van der Waals surface area contributed by atoms with Crippen molar-refractivity contribution >= 4 is 22.6 Å². The first-order valence-corrected chi connectivity index (χ1v) is 9.35. The maximum atomic E-state index is 12.9. The molecule has 3 aromatic heterocycles. The average Bonchev–Trinajstić information content (AvgIpc) is 3.15. The van der Waals surface area contributed by atoms with Crippen molar-refractivity contribution in [2.45, 2.75) is 58.9 Å². The smallest absolute Gasteiger partial charge is 0.257 e. The fraction of sp³-hybridized carbons (Fsp3) is 0.450. The predicted octanol–water partition coefficient (Wildman–Crippen LogP) is 4.44. The number of hydrogen-bond acceptors (Lipinski definition) is 3. The van der Waals surface area contributed by atoms with Crippen LogP contribution in [-0.2, 0) is 0 Å². The zero-order valence-electron chi connectivity index (χ0n) is 15.6. The van der Waals surface area contributed by atoms with Crippen molar-refractivity contribution in [1.82, 2.24) is 19.7 Å². The zero-order valence-corrected chi connectivity index (χ0v) is 15.6. The molecule has 0 aromatic carbocycles. The van der Waals surface area contributed by atoms with E-state index >= 15 is 0 Å². The van der Waals surface area contributed by atoms with Gasteiger partial charge in [0, 0.05) is 28.5 Å². The van der Waals surface area contributed by atoms with E-state index in [1.54, 1.807) is 6.20 Å². The molecule has 0 atom stereocenters. The van der Waals surface area contributed by atoms with Crippen LogP contribution in [-0.4, -0.2) is 25.7 Å². The summed E-state index contributed by atoms with van der Waals surface area (Å²) in [5.74, 6) is -0.0811. The summed E-state index contributed by atoms with van der Waals surface area (Å²) in [6, 6.07) is 4.45. The predicted molar refractivity (Wildman–Crippen MR) is 103 cm³/mol. The molecule has 0 unspecified atom stereocenters. The quantitative estimate of drug-likeness (QED) is 0.732. The van der Waals surface area contributed by atoms with Crippen LogP contribution in [0, 0.1) is 20.8 Å². The number of carbonyl (C=O) groups excluding carboxylic acids is 1. The van der Waals surface area contributed by atoms with E-state index in [0.717, 1.165) is 22.3 Å². The third-order valence-corrected chi connectivity index (χ3v) is 5.53. The van der Waals surface area contributed by atoms with Gasteiger partial charge in [0.2, 0.25) is 0 Å². The van der Waals surface area contributed by atoms with E-state index in [4.69, 9.17) is 0 Å². The summed E-state index contributed by atoms with van der Waals surface area (Å²) in [4.78, 5) is 17.2. The fourth-order valence-electron chi connectivity index (χ4n) is 4.19. The third kappa shape index (κ3) is 2.89. The second-order valence-corrected chi connectivity index (χ2v) is 7.34. The van der Waals surface area contributed by atoms with E-state index in [1.165, 1.54) is 37.8 Å². The number of anilines is 1. The molecule has 0 spiro atoms. The number of aromatic amines is 1. The Kier molecular flexibility index (Phi) is 4.26. The van der Waals surface area contributed by atoms with Crippen LogP contribution in [0.4, 0.5) is 5.69 Å². The molecule has 3 aromatic rings. The zero-order chi connectivity index (χ0) is 18.3. The van der Waals surface area contributed by atoms with E-state index < -0.39 is 0 Å². The summed E-state index contributed by atoms with van der Waals surface area (Å²) in [5, 5.41) is 11.0. The molecule has 2 N–H and O–H groups in total. The summed E-state index contributed by atoms with van der Waals surface area (Å²) in [6.45, 7) is 6.10. The molecule has 6 heteroatoms. The van der Waals surface area contributed by atoms with Gasteiger partial charge in [0.05, 0.1) is 17.4 Å². The number of hydrogen-bond donors (Lipinski definition) is 2. The molecule has 0 aliphatic heterocycles. The van der Waals surface area contributed by atoms with E-state index in [0.29, 0.717) is 17.4 Å². The number of carbonyl (C=O) groups is 1. The molecule has 0 radical (unpaired) electrons. The van der Waals surface area contributed by atoms with Crippen molar-refractivity contribution in [3.8, 4) is 0 Å². The Morgan fingerprint density at radius 1 is 1.19 bits per heavy atom. The summed E-state index contributed by atoms with van der Waals surface area (Å²) >= 11 is 0. The Morgan fingerprint density at radius 3 is 2.73 bits per heavy atom. The number of nitrogens with one attached hydrogen (secondary N) is 2. The van der Waals surface area contributed by atoms with E-state index in [-0.39, 0.29) is 5.91 Å². The normalized spacial score (nSPS) is 15.5. The van der Waals surface area contributed by atoms with Crippen molar-refractivity contribution in [3.63, 3.8) is 0 Å². The lowest BCUT2D eigenvalue weighted by Crippen LogP contribution is -2.17. The van der Waals surface area contributed by atoms with Gasteiger partial charge in [-0.05, 0) is 45.7 Å². The lowest BCUT2D eigenvalue weighted by atomic mass is 9.95. The number of nitrogens with zero attached hydrogens (tertiary/aromatic N) is 3. The molecule has 3 heterocycles. The van der Waals surface area contributed by atoms with Gasteiger partial charge in [0.25, 0.3) is 5.91 Å². The number of pyridine rings is 1. The minimum atomic E-state index is -0.0811. The van der Waals surface area contributed by atoms with E-state index in [9.17, 15) is 4.79 Å². The molecule has 0 saturated heterocycles. The van der Waals surface area contributed by atoms with E-state index in [2.05, 4.69) is 38.9 Å². The van der Waals surface area contributed by atoms with Crippen molar-refractivity contribution in [1.29, 1.82) is 0 Å². The lowest BCUT2D eigenvalue weighted by molar-refractivity contribution is 0.102. The first-order chi connectivity index (χ1) is 12.5. The van der Waals surface area contributed by atoms with Crippen molar-refractivity contribution in [2.24, 2.45) is 0 Å². The highest BCUT2D eigenvalue weighted by Crippen LogP contribution is 2.32. The summed E-state index contributed by atoms with van der Waals surface area (Å²) in [7, 11) is 0. The second-order valence-electron chi connectivity index (χ2n) is 7.34. The highest BCUT2D eigenvalue weighted by molar-refractivity contribution is 6.05. The molecule has 136 valence electrons. The lowest BCUT2D eigenvalue weighted by Gasteiger charge is -2.26. The Labute approximate surface area is 153 Å². The largest absolute Gasteiger partial charge is 0.345 e. The topological polar surface area (TPSA) is 75.6 Å². The molecule has 0 bridgehead atoms. The van der Waals surface area contributed by atoms with Crippen LogP contribution in [0.15, 0.2) is 18.3 Å². The van der Waals surface area contributed by atoms with Crippen LogP contribution < -0.4 is 5.32 Å². The molecule has 26 heavy (non-hydrogen) atoms. The van der Waals surface area contributed by atoms with Gasteiger partial charge in [0.15, 0.2) is 5.65 Å². The molecule has 6 nitrogen and oxygen atoms in total. The van der Waals surface area contributed by atoms with Crippen molar-refractivity contribution in [3.05, 3.63) is 41.0 Å². The maximum Gasteiger partial charge on any atom is 0.257 e. The molecular weight excluding hydrogens is 326 g/mol. The van der Waals surface area contributed by atoms with Gasteiger partial charge in [-0.1, -0.05) is 19.3 Å². The Balaban J connectivity index is 1.60. The van der Waals surface area contributed by atoms with Crippen LogP contribution >= 0.6 is 0 Å². The summed E-state index contributed by atoms with van der Waals surface area (Å²) in [6.07, 6.45) is 7.94. The maximum absolute atomic E-state index is 12.9. The fourth-order valence-corrected chi connectivity index (χ4v) is 4.19. The van der Waals surface area contributed by atoms with Crippen LogP contribution in [0.2, 0.25) is 0 Å². The van der Waals surface area contributed by atoms with Gasteiger partial charge < -0.3 is 9.88 Å². The van der Waals surface area contributed by atoms with Crippen LogP contribution in [0.5, 0.6) is 0 Å². The number of rotatable bonds is 3. The minimum Gasteiger partial charge on any atom is -0.345 e. The molecule has 1 aliphatic rings. The molecule has 1 fully saturated rings. The third-order valence-electron chi connectivity index (χ3n) is 5.53. The Bertz CT molecular complexity index is 962. The van der Waals surface area contributed by atoms with Crippen molar-refractivity contribution < 1.29 is 4.79 Å². The first kappa shape index (κ1) is 16.8. The number of amides is 1. The average molecular weight is 351 g/mol. The molecule has 1 amide bonds. The van der Waals surface area contributed by atoms with Crippen LogP contribution in [0.1, 0.15) is 65.6 Å². The molecular formula is C20H25N5O. The minimum absolute atomic E-state index is 0.0811. The number of aromatic nitrogens is 4. The van der Waals surface area contributed by atoms with Gasteiger partial charge >= 0.3 is 0 Å². The number of aryl methyl sites for hydroxylation is 2. The van der Waals surface area contributed by atoms with Gasteiger partial charge in [-0.25, -0.2) is 4.98 Å². The van der Waals surface area contributed by atoms with Crippen molar-refractivity contribution in [2.75, 3.05) is 5.32 Å². The number of fused-ring (bicyclic) bond motifs is 1. The van der Waals surface area contributed by atoms with Crippen LogP contribution in [0.3, 0.4) is 0 Å². The molecule has 4 rings (SSSR count). The number of H-pyrrole nitrogens is 1. The Hall–Kier alpha value is -2.63.